The van der Waals surface area contributed by atoms with Crippen LogP contribution in [0.25, 0.3) is 0 Å². The Labute approximate surface area is 155 Å². The van der Waals surface area contributed by atoms with Crippen molar-refractivity contribution in [2.24, 2.45) is 0 Å². The summed E-state index contributed by atoms with van der Waals surface area (Å²) in [6.45, 7) is 7.26. The Bertz CT molecular complexity index is 500. The zero-order valence-corrected chi connectivity index (χ0v) is 16.9. The van der Waals surface area contributed by atoms with E-state index in [1.165, 1.54) is 32.1 Å². The van der Waals surface area contributed by atoms with Gasteiger partial charge in [-0.05, 0) is 47.8 Å². The van der Waals surface area contributed by atoms with Crippen molar-refractivity contribution in [2.75, 3.05) is 13.2 Å². The Morgan fingerprint density at radius 3 is 1.92 bits per heavy atom. The van der Waals surface area contributed by atoms with Gasteiger partial charge in [0.25, 0.3) is 0 Å². The smallest absolute Gasteiger partial charge is 0.163 e. The molecule has 0 aromatic heterocycles. The Balaban J connectivity index is 2.65. The standard InChI is InChI=1S/C20H31BrO3/c1-4-6-8-10-12-23-19-15-18(21)20(14-17(19)16(3)22)24-13-11-9-7-5-2/h14-15H,4-13H2,1-3H3. The van der Waals surface area contributed by atoms with E-state index in [1.807, 2.05) is 6.07 Å². The van der Waals surface area contributed by atoms with Gasteiger partial charge in [0.1, 0.15) is 11.5 Å². The van der Waals surface area contributed by atoms with Crippen LogP contribution >= 0.6 is 15.9 Å². The maximum atomic E-state index is 11.9. The predicted molar refractivity (Wildman–Crippen MR) is 103 cm³/mol. The third-order valence-electron chi connectivity index (χ3n) is 3.92. The summed E-state index contributed by atoms with van der Waals surface area (Å²) in [5.41, 5.74) is 0.595. The second-order valence-corrected chi connectivity index (χ2v) is 7.01. The molecule has 0 bridgehead atoms. The molecule has 0 radical (unpaired) electrons. The first-order chi connectivity index (χ1) is 11.6. The fraction of sp³-hybridized carbons (Fsp3) is 0.650. The lowest BCUT2D eigenvalue weighted by atomic mass is 10.1. The van der Waals surface area contributed by atoms with Crippen LogP contribution in [0.1, 0.15) is 82.5 Å². The number of ketones is 1. The van der Waals surface area contributed by atoms with Crippen molar-refractivity contribution in [2.45, 2.75) is 72.1 Å². The molecule has 0 fully saturated rings. The highest BCUT2D eigenvalue weighted by atomic mass is 79.9. The van der Waals surface area contributed by atoms with E-state index in [9.17, 15) is 4.79 Å². The number of carbonyl (C=O) groups is 1. The number of unbranched alkanes of at least 4 members (excludes halogenated alkanes) is 6. The van der Waals surface area contributed by atoms with Crippen molar-refractivity contribution in [3.63, 3.8) is 0 Å². The molecule has 0 amide bonds. The van der Waals surface area contributed by atoms with Gasteiger partial charge in [-0.3, -0.25) is 4.79 Å². The minimum absolute atomic E-state index is 0.00175. The molecule has 1 rings (SSSR count). The van der Waals surface area contributed by atoms with Crippen LogP contribution in [0.5, 0.6) is 11.5 Å². The molecule has 4 heteroatoms. The van der Waals surface area contributed by atoms with Gasteiger partial charge < -0.3 is 9.47 Å². The van der Waals surface area contributed by atoms with Crippen LogP contribution in [-0.2, 0) is 0 Å². The first kappa shape index (κ1) is 21.0. The van der Waals surface area contributed by atoms with Gasteiger partial charge in [0.2, 0.25) is 0 Å². The fourth-order valence-corrected chi connectivity index (χ4v) is 2.90. The fourth-order valence-electron chi connectivity index (χ4n) is 2.46. The van der Waals surface area contributed by atoms with E-state index in [0.717, 1.165) is 29.5 Å². The van der Waals surface area contributed by atoms with Gasteiger partial charge in [-0.15, -0.1) is 0 Å². The highest BCUT2D eigenvalue weighted by Gasteiger charge is 2.14. The predicted octanol–water partition coefficient (Wildman–Crippen LogP) is 6.57. The largest absolute Gasteiger partial charge is 0.493 e. The first-order valence-electron chi connectivity index (χ1n) is 9.20. The normalized spacial score (nSPS) is 10.7. The third kappa shape index (κ3) is 7.69. The van der Waals surface area contributed by atoms with Crippen LogP contribution in [-0.4, -0.2) is 19.0 Å². The summed E-state index contributed by atoms with van der Waals surface area (Å²) in [6.07, 6.45) is 9.24. The van der Waals surface area contributed by atoms with E-state index >= 15 is 0 Å². The summed E-state index contributed by atoms with van der Waals surface area (Å²) in [4.78, 5) is 11.9. The number of hydrogen-bond acceptors (Lipinski definition) is 3. The quantitative estimate of drug-likeness (QED) is 0.278. The van der Waals surface area contributed by atoms with Gasteiger partial charge in [-0.1, -0.05) is 52.4 Å². The Morgan fingerprint density at radius 1 is 0.875 bits per heavy atom. The molecule has 0 atom stereocenters. The second kappa shape index (κ2) is 12.3. The number of rotatable bonds is 13. The van der Waals surface area contributed by atoms with Crippen LogP contribution in [0.3, 0.4) is 0 Å². The van der Waals surface area contributed by atoms with Crippen LogP contribution in [0, 0.1) is 0 Å². The van der Waals surface area contributed by atoms with Gasteiger partial charge in [0.15, 0.2) is 5.78 Å². The van der Waals surface area contributed by atoms with Gasteiger partial charge >= 0.3 is 0 Å². The van der Waals surface area contributed by atoms with Gasteiger partial charge in [0, 0.05) is 0 Å². The summed E-state index contributed by atoms with van der Waals surface area (Å²) in [5, 5.41) is 0. The molecule has 1 aromatic rings. The van der Waals surface area contributed by atoms with Crippen molar-refractivity contribution in [3.05, 3.63) is 22.2 Å². The Hall–Kier alpha value is -1.03. The number of hydrogen-bond donors (Lipinski definition) is 0. The highest BCUT2D eigenvalue weighted by Crippen LogP contribution is 2.33. The molecule has 0 aliphatic heterocycles. The van der Waals surface area contributed by atoms with Gasteiger partial charge in [0.05, 0.1) is 23.2 Å². The third-order valence-corrected chi connectivity index (χ3v) is 4.54. The number of halogens is 1. The van der Waals surface area contributed by atoms with Crippen LogP contribution in [0.15, 0.2) is 16.6 Å². The van der Waals surface area contributed by atoms with E-state index in [0.29, 0.717) is 24.5 Å². The van der Waals surface area contributed by atoms with Crippen molar-refractivity contribution in [1.82, 2.24) is 0 Å². The van der Waals surface area contributed by atoms with E-state index in [2.05, 4.69) is 29.8 Å². The molecular formula is C20H31BrO3. The van der Waals surface area contributed by atoms with Crippen LogP contribution in [0.4, 0.5) is 0 Å². The Morgan fingerprint density at radius 2 is 1.42 bits per heavy atom. The molecule has 0 saturated carbocycles. The molecule has 0 spiro atoms. The second-order valence-electron chi connectivity index (χ2n) is 6.15. The highest BCUT2D eigenvalue weighted by molar-refractivity contribution is 9.10. The van der Waals surface area contributed by atoms with Crippen LogP contribution < -0.4 is 9.47 Å². The number of ether oxygens (including phenoxy) is 2. The van der Waals surface area contributed by atoms with E-state index < -0.39 is 0 Å². The number of carbonyl (C=O) groups excluding carboxylic acids is 1. The topological polar surface area (TPSA) is 35.5 Å². The van der Waals surface area contributed by atoms with Crippen molar-refractivity contribution >= 4 is 21.7 Å². The minimum Gasteiger partial charge on any atom is -0.493 e. The average molecular weight is 399 g/mol. The van der Waals surface area contributed by atoms with Crippen molar-refractivity contribution < 1.29 is 14.3 Å². The lowest BCUT2D eigenvalue weighted by molar-refractivity contribution is 0.101. The van der Waals surface area contributed by atoms with Crippen molar-refractivity contribution in [1.29, 1.82) is 0 Å². The average Bonchev–Trinajstić information content (AvgIpc) is 2.55. The SMILES string of the molecule is CCCCCCOc1cc(C(C)=O)c(OCCCCCC)cc1Br. The van der Waals surface area contributed by atoms with E-state index in [1.54, 1.807) is 13.0 Å². The molecule has 0 unspecified atom stereocenters. The van der Waals surface area contributed by atoms with E-state index in [-0.39, 0.29) is 5.78 Å². The molecule has 0 N–H and O–H groups in total. The maximum Gasteiger partial charge on any atom is 0.163 e. The molecule has 0 heterocycles. The van der Waals surface area contributed by atoms with Gasteiger partial charge in [-0.2, -0.15) is 0 Å². The molecular weight excluding hydrogens is 368 g/mol. The summed E-state index contributed by atoms with van der Waals surface area (Å²) in [7, 11) is 0. The summed E-state index contributed by atoms with van der Waals surface area (Å²) in [6, 6.07) is 3.66. The maximum absolute atomic E-state index is 11.9. The molecule has 1 aromatic carbocycles. The zero-order valence-electron chi connectivity index (χ0n) is 15.3. The zero-order chi connectivity index (χ0) is 17.8. The monoisotopic (exact) mass is 398 g/mol. The Kier molecular flexibility index (Phi) is 10.8. The lowest BCUT2D eigenvalue weighted by Crippen LogP contribution is -2.05. The first-order valence-corrected chi connectivity index (χ1v) is 9.99. The minimum atomic E-state index is 0.00175. The summed E-state index contributed by atoms with van der Waals surface area (Å²) < 4.78 is 12.5. The molecule has 0 saturated heterocycles. The molecule has 24 heavy (non-hydrogen) atoms. The van der Waals surface area contributed by atoms with E-state index in [4.69, 9.17) is 9.47 Å². The molecule has 136 valence electrons. The number of Topliss-reactive ketones (excluding diaryl/α,β-unsaturated/α-hetero) is 1. The molecule has 0 aliphatic carbocycles. The van der Waals surface area contributed by atoms with Gasteiger partial charge in [-0.25, -0.2) is 0 Å². The van der Waals surface area contributed by atoms with Crippen LogP contribution in [0.2, 0.25) is 0 Å². The summed E-state index contributed by atoms with van der Waals surface area (Å²) in [5.74, 6) is 1.36. The number of benzene rings is 1. The summed E-state index contributed by atoms with van der Waals surface area (Å²) >= 11 is 3.53. The molecule has 3 nitrogen and oxygen atoms in total. The lowest BCUT2D eigenvalue weighted by Gasteiger charge is -2.14. The molecule has 0 aliphatic rings. The van der Waals surface area contributed by atoms with Crippen molar-refractivity contribution in [3.8, 4) is 11.5 Å².